The van der Waals surface area contributed by atoms with Gasteiger partial charge in [-0.2, -0.15) is 0 Å². The standard InChI is InChI=1S/C14H22N2/c1-16(11-12-6-3-2-4-7-12)14-9-5-8-13(15)10-14/h5,8-10,12H,2-4,6-7,11,15H2,1H3. The average Bonchev–Trinajstić information content (AvgIpc) is 2.30. The Morgan fingerprint density at radius 2 is 2.00 bits per heavy atom. The van der Waals surface area contributed by atoms with Crippen LogP contribution >= 0.6 is 0 Å². The van der Waals surface area contributed by atoms with Crippen molar-refractivity contribution in [1.82, 2.24) is 0 Å². The smallest absolute Gasteiger partial charge is 0.0384 e. The second kappa shape index (κ2) is 5.24. The number of nitrogens with zero attached hydrogens (tertiary/aromatic N) is 1. The minimum atomic E-state index is 0.855. The van der Waals surface area contributed by atoms with Crippen molar-refractivity contribution in [2.24, 2.45) is 5.92 Å². The summed E-state index contributed by atoms with van der Waals surface area (Å²) >= 11 is 0. The van der Waals surface area contributed by atoms with E-state index in [-0.39, 0.29) is 0 Å². The number of rotatable bonds is 3. The van der Waals surface area contributed by atoms with Gasteiger partial charge < -0.3 is 10.6 Å². The Hall–Kier alpha value is -1.18. The van der Waals surface area contributed by atoms with Crippen LogP contribution in [0.25, 0.3) is 0 Å². The molecule has 1 fully saturated rings. The lowest BCUT2D eigenvalue weighted by atomic mass is 9.89. The van der Waals surface area contributed by atoms with E-state index in [0.29, 0.717) is 0 Å². The normalized spacial score (nSPS) is 17.3. The SMILES string of the molecule is CN(CC1CCCCC1)c1cccc(N)c1. The molecule has 0 atom stereocenters. The van der Waals surface area contributed by atoms with Crippen molar-refractivity contribution in [3.63, 3.8) is 0 Å². The zero-order valence-electron chi connectivity index (χ0n) is 10.2. The Balaban J connectivity index is 1.94. The number of nitrogen functional groups attached to an aromatic ring is 1. The lowest BCUT2D eigenvalue weighted by Crippen LogP contribution is -2.26. The molecule has 2 nitrogen and oxygen atoms in total. The van der Waals surface area contributed by atoms with Gasteiger partial charge in [-0.3, -0.25) is 0 Å². The van der Waals surface area contributed by atoms with Crippen molar-refractivity contribution in [1.29, 1.82) is 0 Å². The van der Waals surface area contributed by atoms with Gasteiger partial charge in [0.25, 0.3) is 0 Å². The second-order valence-corrected chi connectivity index (χ2v) is 4.98. The van der Waals surface area contributed by atoms with Gasteiger partial charge in [-0.15, -0.1) is 0 Å². The third-order valence-corrected chi connectivity index (χ3v) is 3.57. The van der Waals surface area contributed by atoms with Crippen LogP contribution < -0.4 is 10.6 Å². The van der Waals surface area contributed by atoms with Gasteiger partial charge in [0, 0.05) is 25.0 Å². The largest absolute Gasteiger partial charge is 0.399 e. The zero-order chi connectivity index (χ0) is 11.4. The summed E-state index contributed by atoms with van der Waals surface area (Å²) < 4.78 is 0. The average molecular weight is 218 g/mol. The van der Waals surface area contributed by atoms with Crippen molar-refractivity contribution in [3.05, 3.63) is 24.3 Å². The number of benzene rings is 1. The Morgan fingerprint density at radius 3 is 2.69 bits per heavy atom. The Kier molecular flexibility index (Phi) is 3.70. The maximum absolute atomic E-state index is 5.80. The van der Waals surface area contributed by atoms with Gasteiger partial charge >= 0.3 is 0 Å². The molecule has 1 aromatic rings. The zero-order valence-corrected chi connectivity index (χ0v) is 10.2. The predicted molar refractivity (Wildman–Crippen MR) is 70.7 cm³/mol. The summed E-state index contributed by atoms with van der Waals surface area (Å²) in [7, 11) is 2.17. The van der Waals surface area contributed by atoms with Crippen LogP contribution in [0.1, 0.15) is 32.1 Å². The molecule has 0 aromatic heterocycles. The molecule has 2 rings (SSSR count). The van der Waals surface area contributed by atoms with E-state index < -0.39 is 0 Å². The van der Waals surface area contributed by atoms with E-state index in [1.54, 1.807) is 0 Å². The highest BCUT2D eigenvalue weighted by molar-refractivity contribution is 5.55. The van der Waals surface area contributed by atoms with Crippen molar-refractivity contribution in [2.75, 3.05) is 24.2 Å². The van der Waals surface area contributed by atoms with E-state index in [0.717, 1.165) is 11.6 Å². The summed E-state index contributed by atoms with van der Waals surface area (Å²) in [6.45, 7) is 1.17. The van der Waals surface area contributed by atoms with Crippen LogP contribution in [0.4, 0.5) is 11.4 Å². The summed E-state index contributed by atoms with van der Waals surface area (Å²) in [5.74, 6) is 0.875. The van der Waals surface area contributed by atoms with Crippen LogP contribution in [0.5, 0.6) is 0 Å². The molecule has 0 saturated heterocycles. The molecule has 88 valence electrons. The molecule has 2 heteroatoms. The fraction of sp³-hybridized carbons (Fsp3) is 0.571. The van der Waals surface area contributed by atoms with Gasteiger partial charge in [-0.1, -0.05) is 25.3 Å². The van der Waals surface area contributed by atoms with Crippen molar-refractivity contribution in [2.45, 2.75) is 32.1 Å². The molecule has 1 aromatic carbocycles. The monoisotopic (exact) mass is 218 g/mol. The minimum absolute atomic E-state index is 0.855. The van der Waals surface area contributed by atoms with Crippen LogP contribution in [0, 0.1) is 5.92 Å². The molecular formula is C14H22N2. The highest BCUT2D eigenvalue weighted by Crippen LogP contribution is 2.26. The van der Waals surface area contributed by atoms with Gasteiger partial charge in [0.2, 0.25) is 0 Å². The van der Waals surface area contributed by atoms with Gasteiger partial charge in [-0.25, -0.2) is 0 Å². The molecule has 0 radical (unpaired) electrons. The summed E-state index contributed by atoms with van der Waals surface area (Å²) in [6, 6.07) is 8.17. The van der Waals surface area contributed by atoms with E-state index in [4.69, 9.17) is 5.73 Å². The third-order valence-electron chi connectivity index (χ3n) is 3.57. The Labute approximate surface area is 98.4 Å². The lowest BCUT2D eigenvalue weighted by Gasteiger charge is -2.28. The molecule has 16 heavy (non-hydrogen) atoms. The molecule has 0 amide bonds. The first-order valence-electron chi connectivity index (χ1n) is 6.32. The Morgan fingerprint density at radius 1 is 1.25 bits per heavy atom. The van der Waals surface area contributed by atoms with Crippen LogP contribution in [0.2, 0.25) is 0 Å². The molecular weight excluding hydrogens is 196 g/mol. The number of hydrogen-bond acceptors (Lipinski definition) is 2. The predicted octanol–water partition coefficient (Wildman–Crippen LogP) is 3.29. The van der Waals surface area contributed by atoms with Gasteiger partial charge in [0.1, 0.15) is 0 Å². The van der Waals surface area contributed by atoms with Gasteiger partial charge in [-0.05, 0) is 37.0 Å². The molecule has 0 aliphatic heterocycles. The quantitative estimate of drug-likeness (QED) is 0.789. The van der Waals surface area contributed by atoms with Gasteiger partial charge in [0.05, 0.1) is 0 Å². The maximum atomic E-state index is 5.80. The molecule has 0 heterocycles. The highest BCUT2D eigenvalue weighted by atomic mass is 15.1. The van der Waals surface area contributed by atoms with E-state index in [1.165, 1.54) is 44.3 Å². The van der Waals surface area contributed by atoms with Crippen molar-refractivity contribution >= 4 is 11.4 Å². The van der Waals surface area contributed by atoms with E-state index in [9.17, 15) is 0 Å². The fourth-order valence-electron chi connectivity index (χ4n) is 2.62. The first-order valence-corrected chi connectivity index (χ1v) is 6.32. The minimum Gasteiger partial charge on any atom is -0.399 e. The molecule has 0 bridgehead atoms. The fourth-order valence-corrected chi connectivity index (χ4v) is 2.62. The van der Waals surface area contributed by atoms with E-state index in [2.05, 4.69) is 24.1 Å². The third kappa shape index (κ3) is 2.91. The second-order valence-electron chi connectivity index (χ2n) is 4.98. The summed E-state index contributed by atoms with van der Waals surface area (Å²) in [4.78, 5) is 2.34. The first-order chi connectivity index (χ1) is 7.75. The molecule has 1 saturated carbocycles. The first kappa shape index (κ1) is 11.3. The summed E-state index contributed by atoms with van der Waals surface area (Å²) in [5.41, 5.74) is 7.90. The van der Waals surface area contributed by atoms with Crippen LogP contribution in [0.15, 0.2) is 24.3 Å². The molecule has 0 spiro atoms. The lowest BCUT2D eigenvalue weighted by molar-refractivity contribution is 0.362. The molecule has 1 aliphatic carbocycles. The number of hydrogen-bond donors (Lipinski definition) is 1. The van der Waals surface area contributed by atoms with E-state index >= 15 is 0 Å². The molecule has 0 unspecified atom stereocenters. The van der Waals surface area contributed by atoms with Crippen molar-refractivity contribution in [3.8, 4) is 0 Å². The molecule has 2 N–H and O–H groups in total. The number of anilines is 2. The number of nitrogens with two attached hydrogens (primary N) is 1. The topological polar surface area (TPSA) is 29.3 Å². The highest BCUT2D eigenvalue weighted by Gasteiger charge is 2.15. The molecule has 1 aliphatic rings. The summed E-state index contributed by atoms with van der Waals surface area (Å²) in [5, 5.41) is 0. The van der Waals surface area contributed by atoms with Crippen LogP contribution in [0.3, 0.4) is 0 Å². The van der Waals surface area contributed by atoms with Crippen molar-refractivity contribution < 1.29 is 0 Å². The summed E-state index contributed by atoms with van der Waals surface area (Å²) in [6.07, 6.45) is 7.04. The maximum Gasteiger partial charge on any atom is 0.0384 e. The van der Waals surface area contributed by atoms with Crippen LogP contribution in [-0.2, 0) is 0 Å². The van der Waals surface area contributed by atoms with Gasteiger partial charge in [0.15, 0.2) is 0 Å². The Bertz CT molecular complexity index is 329. The van der Waals surface area contributed by atoms with Crippen LogP contribution in [-0.4, -0.2) is 13.6 Å². The van der Waals surface area contributed by atoms with E-state index in [1.807, 2.05) is 12.1 Å².